The first-order valence-corrected chi connectivity index (χ1v) is 9.89. The summed E-state index contributed by atoms with van der Waals surface area (Å²) in [5.41, 5.74) is 8.96. The highest BCUT2D eigenvalue weighted by Gasteiger charge is 2.21. The molecule has 6 heteroatoms. The van der Waals surface area contributed by atoms with E-state index < -0.39 is 0 Å². The number of nitrogens with one attached hydrogen (secondary N) is 1. The average molecular weight is 383 g/mol. The number of hydrogen-bond acceptors (Lipinski definition) is 5. The van der Waals surface area contributed by atoms with E-state index >= 15 is 0 Å². The number of nitrogens with zero attached hydrogens (tertiary/aromatic N) is 1. The van der Waals surface area contributed by atoms with E-state index in [4.69, 9.17) is 10.5 Å². The highest BCUT2D eigenvalue weighted by molar-refractivity contribution is 6.04. The predicted octanol–water partition coefficient (Wildman–Crippen LogP) is 3.15. The van der Waals surface area contributed by atoms with Crippen LogP contribution >= 0.6 is 0 Å². The Kier molecular flexibility index (Phi) is 6.90. The van der Waals surface area contributed by atoms with Gasteiger partial charge in [-0.15, -0.1) is 0 Å². The summed E-state index contributed by atoms with van der Waals surface area (Å²) in [6.07, 6.45) is 3.04. The second kappa shape index (κ2) is 9.57. The summed E-state index contributed by atoms with van der Waals surface area (Å²) in [5, 5.41) is 12.7. The molecule has 1 unspecified atom stereocenters. The molecule has 1 aliphatic heterocycles. The van der Waals surface area contributed by atoms with E-state index in [1.54, 1.807) is 12.1 Å². The number of aliphatic hydroxyl groups is 1. The van der Waals surface area contributed by atoms with Gasteiger partial charge in [0.05, 0.1) is 13.2 Å². The molecule has 4 N–H and O–H groups in total. The molecule has 0 bridgehead atoms. The van der Waals surface area contributed by atoms with Gasteiger partial charge in [-0.2, -0.15) is 0 Å². The maximum atomic E-state index is 12.5. The van der Waals surface area contributed by atoms with Crippen molar-refractivity contribution < 1.29 is 14.6 Å². The number of nitrogens with two attached hydrogens (primary N) is 1. The summed E-state index contributed by atoms with van der Waals surface area (Å²) >= 11 is 0. The van der Waals surface area contributed by atoms with Gasteiger partial charge >= 0.3 is 0 Å². The molecule has 2 aromatic rings. The fourth-order valence-corrected chi connectivity index (χ4v) is 3.34. The molecule has 1 atom stereocenters. The van der Waals surface area contributed by atoms with Gasteiger partial charge in [0.2, 0.25) is 0 Å². The summed E-state index contributed by atoms with van der Waals surface area (Å²) in [4.78, 5) is 14.7. The molecule has 6 nitrogen and oxygen atoms in total. The number of aliphatic hydroxyl groups excluding tert-OH is 1. The Balaban J connectivity index is 1.65. The van der Waals surface area contributed by atoms with Crippen LogP contribution in [0.5, 0.6) is 5.75 Å². The average Bonchev–Trinajstić information content (AvgIpc) is 3.14. The molecule has 1 fully saturated rings. The fraction of sp³-hybridized carbons (Fsp3) is 0.409. The van der Waals surface area contributed by atoms with Crippen molar-refractivity contribution in [3.05, 3.63) is 53.6 Å². The zero-order valence-corrected chi connectivity index (χ0v) is 16.4. The standard InChI is InChI=1S/C22H29N3O3/c1-2-3-12-28-20-7-4-16(5-8-20)22(27)24-19-6-9-21(17(13-19)15-26)25-11-10-18(23)14-25/h4-9,13,18,26H,2-3,10-12,14-15,23H2,1H3,(H,24,27). The molecule has 1 aliphatic rings. The van der Waals surface area contributed by atoms with Crippen molar-refractivity contribution in [2.24, 2.45) is 5.73 Å². The van der Waals surface area contributed by atoms with Crippen LogP contribution in [-0.2, 0) is 6.61 Å². The van der Waals surface area contributed by atoms with Crippen LogP contribution < -0.4 is 20.7 Å². The molecular formula is C22H29N3O3. The van der Waals surface area contributed by atoms with Crippen molar-refractivity contribution in [1.82, 2.24) is 0 Å². The second-order valence-electron chi connectivity index (χ2n) is 7.18. The minimum atomic E-state index is -0.194. The SMILES string of the molecule is CCCCOc1ccc(C(=O)Nc2ccc(N3CCC(N)C3)c(CO)c2)cc1. The summed E-state index contributed by atoms with van der Waals surface area (Å²) in [5.74, 6) is 0.570. The van der Waals surface area contributed by atoms with Gasteiger partial charge in [-0.1, -0.05) is 13.3 Å². The van der Waals surface area contributed by atoms with Crippen LogP contribution in [0.2, 0.25) is 0 Å². The Bertz CT molecular complexity index is 792. The molecule has 2 aromatic carbocycles. The van der Waals surface area contributed by atoms with E-state index in [0.29, 0.717) is 17.9 Å². The van der Waals surface area contributed by atoms with Crippen LogP contribution in [0, 0.1) is 0 Å². The van der Waals surface area contributed by atoms with Crippen LogP contribution in [0.15, 0.2) is 42.5 Å². The number of anilines is 2. The van der Waals surface area contributed by atoms with Crippen molar-refractivity contribution in [3.63, 3.8) is 0 Å². The maximum Gasteiger partial charge on any atom is 0.255 e. The van der Waals surface area contributed by atoms with Crippen LogP contribution in [-0.4, -0.2) is 36.8 Å². The van der Waals surface area contributed by atoms with Crippen LogP contribution in [0.1, 0.15) is 42.1 Å². The maximum absolute atomic E-state index is 12.5. The molecule has 0 radical (unpaired) electrons. The van der Waals surface area contributed by atoms with Gasteiger partial charge < -0.3 is 25.8 Å². The largest absolute Gasteiger partial charge is 0.494 e. The molecule has 0 aromatic heterocycles. The minimum absolute atomic E-state index is 0.0887. The Morgan fingerprint density at radius 1 is 1.29 bits per heavy atom. The monoisotopic (exact) mass is 383 g/mol. The number of carbonyl (C=O) groups is 1. The van der Waals surface area contributed by atoms with E-state index in [2.05, 4.69) is 17.1 Å². The molecule has 1 amide bonds. The van der Waals surface area contributed by atoms with E-state index in [0.717, 1.165) is 49.4 Å². The zero-order valence-electron chi connectivity index (χ0n) is 16.4. The zero-order chi connectivity index (χ0) is 19.9. The first-order valence-electron chi connectivity index (χ1n) is 9.89. The number of hydrogen-bond donors (Lipinski definition) is 3. The van der Waals surface area contributed by atoms with Crippen molar-refractivity contribution in [3.8, 4) is 5.75 Å². The van der Waals surface area contributed by atoms with Crippen molar-refractivity contribution in [2.45, 2.75) is 38.8 Å². The lowest BCUT2D eigenvalue weighted by Crippen LogP contribution is -2.27. The molecule has 28 heavy (non-hydrogen) atoms. The summed E-state index contributed by atoms with van der Waals surface area (Å²) in [7, 11) is 0. The van der Waals surface area contributed by atoms with E-state index in [1.165, 1.54) is 0 Å². The highest BCUT2D eigenvalue weighted by atomic mass is 16.5. The van der Waals surface area contributed by atoms with E-state index in [9.17, 15) is 9.90 Å². The smallest absolute Gasteiger partial charge is 0.255 e. The Hall–Kier alpha value is -2.57. The van der Waals surface area contributed by atoms with Gasteiger partial charge in [0.25, 0.3) is 5.91 Å². The molecule has 0 saturated carbocycles. The third kappa shape index (κ3) is 5.03. The van der Waals surface area contributed by atoms with Gasteiger partial charge in [0, 0.05) is 41.6 Å². The number of amides is 1. The Labute approximate surface area is 166 Å². The van der Waals surface area contributed by atoms with Gasteiger partial charge in [-0.25, -0.2) is 0 Å². The number of unbranched alkanes of at least 4 members (excludes halogenated alkanes) is 1. The first kappa shape index (κ1) is 20.2. The lowest BCUT2D eigenvalue weighted by Gasteiger charge is -2.22. The quantitative estimate of drug-likeness (QED) is 0.610. The summed E-state index contributed by atoms with van der Waals surface area (Å²) < 4.78 is 5.63. The molecule has 0 aliphatic carbocycles. The molecule has 1 heterocycles. The lowest BCUT2D eigenvalue weighted by atomic mass is 10.1. The van der Waals surface area contributed by atoms with Crippen molar-refractivity contribution >= 4 is 17.3 Å². The molecular weight excluding hydrogens is 354 g/mol. The van der Waals surface area contributed by atoms with Gasteiger partial charge in [0.15, 0.2) is 0 Å². The topological polar surface area (TPSA) is 87.8 Å². The summed E-state index contributed by atoms with van der Waals surface area (Å²) in [6.45, 7) is 4.37. The first-order chi connectivity index (χ1) is 13.6. The molecule has 1 saturated heterocycles. The molecule has 0 spiro atoms. The molecule has 3 rings (SSSR count). The van der Waals surface area contributed by atoms with Crippen LogP contribution in [0.3, 0.4) is 0 Å². The third-order valence-corrected chi connectivity index (χ3v) is 4.96. The fourth-order valence-electron chi connectivity index (χ4n) is 3.34. The second-order valence-corrected chi connectivity index (χ2v) is 7.18. The number of ether oxygens (including phenoxy) is 1. The van der Waals surface area contributed by atoms with Crippen molar-refractivity contribution in [2.75, 3.05) is 29.9 Å². The predicted molar refractivity (Wildman–Crippen MR) is 112 cm³/mol. The number of rotatable bonds is 8. The van der Waals surface area contributed by atoms with Gasteiger partial charge in [-0.3, -0.25) is 4.79 Å². The van der Waals surface area contributed by atoms with Crippen LogP contribution in [0.25, 0.3) is 0 Å². The number of carbonyl (C=O) groups excluding carboxylic acids is 1. The van der Waals surface area contributed by atoms with E-state index in [1.807, 2.05) is 30.3 Å². The molecule has 150 valence electrons. The summed E-state index contributed by atoms with van der Waals surface area (Å²) in [6, 6.07) is 12.9. The van der Waals surface area contributed by atoms with Gasteiger partial charge in [-0.05, 0) is 55.3 Å². The minimum Gasteiger partial charge on any atom is -0.494 e. The van der Waals surface area contributed by atoms with Crippen LogP contribution in [0.4, 0.5) is 11.4 Å². The van der Waals surface area contributed by atoms with E-state index in [-0.39, 0.29) is 18.6 Å². The highest BCUT2D eigenvalue weighted by Crippen LogP contribution is 2.27. The van der Waals surface area contributed by atoms with Crippen molar-refractivity contribution in [1.29, 1.82) is 0 Å². The third-order valence-electron chi connectivity index (χ3n) is 4.96. The number of benzene rings is 2. The van der Waals surface area contributed by atoms with Gasteiger partial charge in [0.1, 0.15) is 5.75 Å². The Morgan fingerprint density at radius 3 is 2.71 bits per heavy atom. The normalized spacial score (nSPS) is 16.2. The Morgan fingerprint density at radius 2 is 2.07 bits per heavy atom. The lowest BCUT2D eigenvalue weighted by molar-refractivity contribution is 0.102.